The molecule has 0 aliphatic rings. The molecule has 0 aliphatic carbocycles. The zero-order chi connectivity index (χ0) is 24.8. The molecule has 0 rings (SSSR count). The molecule has 20 heteroatoms. The van der Waals surface area contributed by atoms with Crippen molar-refractivity contribution in [2.24, 2.45) is 0 Å². The SMILES string of the molecule is [B]B([B])B(B(C)C)B(B(B([B])[B])B([B])[B]C)B(B(B(C)C)B(C)C)B(B(C)C)B(C)C. The summed E-state index contributed by atoms with van der Waals surface area (Å²) in [5.41, 5.74) is 0. The van der Waals surface area contributed by atoms with Crippen LogP contribution in [0.1, 0.15) is 0 Å². The second-order valence-electron chi connectivity index (χ2n) is 11.7. The van der Waals surface area contributed by atoms with E-state index in [4.69, 9.17) is 38.7 Å². The molecule has 137 valence electrons. The van der Waals surface area contributed by atoms with E-state index in [2.05, 4.69) is 68.2 Å². The molecule has 0 aromatic heterocycles. The van der Waals surface area contributed by atoms with E-state index in [1.807, 2.05) is 14.0 Å². The van der Waals surface area contributed by atoms with Gasteiger partial charge in [-0.1, -0.05) is 68.2 Å². The van der Waals surface area contributed by atoms with Crippen LogP contribution in [0.25, 0.3) is 0 Å². The van der Waals surface area contributed by atoms with Crippen LogP contribution in [-0.2, 0) is 0 Å². The fourth-order valence-corrected chi connectivity index (χ4v) is 6.99. The lowest BCUT2D eigenvalue weighted by Gasteiger charge is -2.49. The largest absolute Gasteiger partial charge is 0.101 e. The van der Waals surface area contributed by atoms with Crippen molar-refractivity contribution in [3.63, 3.8) is 0 Å². The highest BCUT2D eigenvalue weighted by atomic mass is 13.5. The molecule has 0 aliphatic heterocycles. The lowest BCUT2D eigenvalue weighted by atomic mass is 8.34. The van der Waals surface area contributed by atoms with Crippen molar-refractivity contribution < 1.29 is 0 Å². The van der Waals surface area contributed by atoms with Crippen LogP contribution < -0.4 is 0 Å². The third kappa shape index (κ3) is 8.79. The zero-order valence-electron chi connectivity index (χ0n) is 22.5. The number of hydrogen-bond acceptors (Lipinski definition) is 0. The Kier molecular flexibility index (Phi) is 15.3. The summed E-state index contributed by atoms with van der Waals surface area (Å²) in [5.74, 6) is 0. The Hall–Kier alpha value is 1.30. The summed E-state index contributed by atoms with van der Waals surface area (Å²) in [6.07, 6.45) is 0.301. The summed E-state index contributed by atoms with van der Waals surface area (Å²) >= 11 is 0. The maximum atomic E-state index is 6.70. The molecule has 0 unspecified atom stereocenters. The van der Waals surface area contributed by atoms with Gasteiger partial charge in [0, 0.05) is 96.2 Å². The fourth-order valence-electron chi connectivity index (χ4n) is 6.99. The molecule has 0 N–H and O–H groups in total. The van der Waals surface area contributed by atoms with Crippen LogP contribution in [0.5, 0.6) is 0 Å². The van der Waals surface area contributed by atoms with Crippen LogP contribution in [0.3, 0.4) is 0 Å². The van der Waals surface area contributed by atoms with E-state index in [0.717, 1.165) is 0 Å². The average Bonchev–Trinajstić information content (AvgIpc) is 2.57. The summed E-state index contributed by atoms with van der Waals surface area (Å²) in [4.78, 5) is 0. The molecule has 0 heterocycles. The first-order valence-electron chi connectivity index (χ1n) is 12.7. The Morgan fingerprint density at radius 2 is 0.645 bits per heavy atom. The molecule has 31 heavy (non-hydrogen) atoms. The van der Waals surface area contributed by atoms with Crippen molar-refractivity contribution in [2.75, 3.05) is 0 Å². The smallest absolute Gasteiger partial charge is 0.0850 e. The standard InChI is InChI=1S/C11H33B20/c1-17-25(16)29(24(14)15)31(28(22(10)11)23(12)13)30(26(18(2)3)19(4)5)27(20(6)7)21(8)9/h1-11H3. The molecule has 0 atom stereocenters. The van der Waals surface area contributed by atoms with Crippen molar-refractivity contribution >= 4 is 136 Å². The van der Waals surface area contributed by atoms with E-state index < -0.39 is 12.8 Å². The summed E-state index contributed by atoms with van der Waals surface area (Å²) in [7, 11) is 34.7. The van der Waals surface area contributed by atoms with Crippen LogP contribution in [0.4, 0.5) is 0 Å². The number of rotatable bonds is 14. The van der Waals surface area contributed by atoms with Crippen LogP contribution in [0, 0.1) is 0 Å². The van der Waals surface area contributed by atoms with Gasteiger partial charge in [-0.15, -0.1) is 6.82 Å². The molecule has 0 aromatic rings. The van der Waals surface area contributed by atoms with Crippen molar-refractivity contribution in [2.45, 2.75) is 75.1 Å². The molecular formula is C11H33B20. The predicted octanol–water partition coefficient (Wildman–Crippen LogP) is -1.19. The van der Waals surface area contributed by atoms with Gasteiger partial charge in [0.05, 0.1) is 40.2 Å². The first kappa shape index (κ1) is 32.3. The molecule has 0 saturated heterocycles. The zero-order valence-corrected chi connectivity index (χ0v) is 22.5. The molecule has 0 amide bonds. The Morgan fingerprint density at radius 3 is 0.839 bits per heavy atom. The normalized spacial score (nSPS) is 9.77. The Bertz CT molecular complexity index is 438. The minimum atomic E-state index is -0.529. The topological polar surface area (TPSA) is 0 Å². The van der Waals surface area contributed by atoms with Gasteiger partial charge in [-0.3, -0.25) is 0 Å². The monoisotopic (exact) mass is 385 g/mol. The minimum absolute atomic E-state index is 0.0793. The van der Waals surface area contributed by atoms with Gasteiger partial charge in [0.1, 0.15) is 0 Å². The van der Waals surface area contributed by atoms with Crippen molar-refractivity contribution in [3.05, 3.63) is 0 Å². The maximum Gasteiger partial charge on any atom is 0.0850 e. The van der Waals surface area contributed by atoms with Gasteiger partial charge in [0.15, 0.2) is 0 Å². The lowest BCUT2D eigenvalue weighted by Crippen LogP contribution is -2.86. The second kappa shape index (κ2) is 14.6. The number of hydrogen-bond donors (Lipinski definition) is 0. The van der Waals surface area contributed by atoms with Crippen molar-refractivity contribution in [3.8, 4) is 0 Å². The Morgan fingerprint density at radius 1 is 0.387 bits per heavy atom. The quantitative estimate of drug-likeness (QED) is 0.332. The maximum absolute atomic E-state index is 6.70. The van der Waals surface area contributed by atoms with E-state index >= 15 is 0 Å². The highest BCUT2D eigenvalue weighted by Gasteiger charge is 2.54. The molecule has 11 radical (unpaired) electrons. The lowest BCUT2D eigenvalue weighted by molar-refractivity contribution is 2.05. The highest BCUT2D eigenvalue weighted by Crippen LogP contribution is 2.19. The Balaban J connectivity index is 7.23. The summed E-state index contributed by atoms with van der Waals surface area (Å²) in [5, 5.41) is 0. The molecule has 0 bridgehead atoms. The molecule has 0 aromatic carbocycles. The molecule has 0 fully saturated rings. The van der Waals surface area contributed by atoms with E-state index in [1.54, 1.807) is 0 Å². The molecule has 0 spiro atoms. The summed E-state index contributed by atoms with van der Waals surface area (Å²) in [6.45, 7) is 27.6. The summed E-state index contributed by atoms with van der Waals surface area (Å²) in [6, 6.07) is 0. The van der Waals surface area contributed by atoms with Gasteiger partial charge in [0.2, 0.25) is 0 Å². The van der Waals surface area contributed by atoms with Gasteiger partial charge in [-0.05, 0) is 0 Å². The summed E-state index contributed by atoms with van der Waals surface area (Å²) < 4.78 is 0. The van der Waals surface area contributed by atoms with Crippen LogP contribution in [0.2, 0.25) is 75.1 Å². The third-order valence-electron chi connectivity index (χ3n) is 7.79. The molecule has 0 nitrogen and oxygen atoms in total. The van der Waals surface area contributed by atoms with Gasteiger partial charge in [0.25, 0.3) is 0 Å². The first-order valence-corrected chi connectivity index (χ1v) is 12.7. The van der Waals surface area contributed by atoms with Crippen LogP contribution in [0.15, 0.2) is 0 Å². The molecular weight excluding hydrogens is 348 g/mol. The van der Waals surface area contributed by atoms with Crippen LogP contribution in [-0.4, -0.2) is 136 Å². The van der Waals surface area contributed by atoms with Gasteiger partial charge in [-0.25, -0.2) is 0 Å². The van der Waals surface area contributed by atoms with Gasteiger partial charge in [-0.2, -0.15) is 0 Å². The first-order chi connectivity index (χ1) is 14.1. The van der Waals surface area contributed by atoms with E-state index in [1.165, 1.54) is 0 Å². The predicted molar refractivity (Wildman–Crippen MR) is 180 cm³/mol. The fraction of sp³-hybridized carbons (Fsp3) is 1.00. The minimum Gasteiger partial charge on any atom is -0.101 e. The highest BCUT2D eigenvalue weighted by molar-refractivity contribution is 8.22. The molecule has 0 saturated carbocycles. The Labute approximate surface area is 210 Å². The van der Waals surface area contributed by atoms with E-state index in [9.17, 15) is 0 Å². The second-order valence-corrected chi connectivity index (χ2v) is 11.7. The van der Waals surface area contributed by atoms with E-state index in [-0.39, 0.29) is 25.5 Å². The van der Waals surface area contributed by atoms with Crippen molar-refractivity contribution in [1.82, 2.24) is 0 Å². The van der Waals surface area contributed by atoms with Crippen LogP contribution >= 0.6 is 0 Å². The van der Waals surface area contributed by atoms with E-state index in [0.29, 0.717) is 52.2 Å². The van der Waals surface area contributed by atoms with Gasteiger partial charge >= 0.3 is 0 Å². The third-order valence-corrected chi connectivity index (χ3v) is 7.79. The van der Waals surface area contributed by atoms with Crippen molar-refractivity contribution in [1.29, 1.82) is 0 Å². The average molecular weight is 382 g/mol. The van der Waals surface area contributed by atoms with Gasteiger partial charge < -0.3 is 0 Å².